The molecule has 3 rings (SSSR count). The smallest absolute Gasteiger partial charge is 0.0994 e. The van der Waals surface area contributed by atoms with Crippen LogP contribution in [-0.2, 0) is 0 Å². The standard InChI is InChI=1S/C14H17N3S/c1-18-12-5-2-4-11(8-12)17-10-15-9-14(17)13-6-3-7-16-13/h2,4-5,8-10,13,16H,3,6-7H2,1H3. The van der Waals surface area contributed by atoms with Gasteiger partial charge in [-0.2, -0.15) is 0 Å². The molecule has 1 atom stereocenters. The molecule has 3 nitrogen and oxygen atoms in total. The zero-order valence-electron chi connectivity index (χ0n) is 10.5. The van der Waals surface area contributed by atoms with Gasteiger partial charge in [0.2, 0.25) is 0 Å². The van der Waals surface area contributed by atoms with Crippen molar-refractivity contribution in [1.29, 1.82) is 0 Å². The van der Waals surface area contributed by atoms with Crippen molar-refractivity contribution >= 4 is 11.8 Å². The van der Waals surface area contributed by atoms with Crippen LogP contribution in [0.2, 0.25) is 0 Å². The predicted molar refractivity (Wildman–Crippen MR) is 75.3 cm³/mol. The van der Waals surface area contributed by atoms with E-state index in [9.17, 15) is 0 Å². The van der Waals surface area contributed by atoms with Crippen molar-refractivity contribution in [3.05, 3.63) is 42.5 Å². The number of hydrogen-bond donors (Lipinski definition) is 1. The molecule has 1 aromatic heterocycles. The number of nitrogens with zero attached hydrogens (tertiary/aromatic N) is 2. The molecular formula is C14H17N3S. The Hall–Kier alpha value is -1.26. The quantitative estimate of drug-likeness (QED) is 0.859. The lowest BCUT2D eigenvalue weighted by molar-refractivity contribution is 0.615. The Bertz CT molecular complexity index is 529. The Morgan fingerprint density at radius 1 is 1.44 bits per heavy atom. The van der Waals surface area contributed by atoms with Gasteiger partial charge in [0.05, 0.1) is 18.2 Å². The molecule has 94 valence electrons. The van der Waals surface area contributed by atoms with Gasteiger partial charge in [-0.15, -0.1) is 11.8 Å². The zero-order chi connectivity index (χ0) is 12.4. The van der Waals surface area contributed by atoms with E-state index in [-0.39, 0.29) is 0 Å². The largest absolute Gasteiger partial charge is 0.309 e. The van der Waals surface area contributed by atoms with Crippen LogP contribution in [0.25, 0.3) is 5.69 Å². The molecule has 1 aliphatic heterocycles. The van der Waals surface area contributed by atoms with Crippen LogP contribution in [0, 0.1) is 0 Å². The van der Waals surface area contributed by atoms with Crippen LogP contribution in [0.1, 0.15) is 24.6 Å². The first-order valence-electron chi connectivity index (χ1n) is 6.28. The van der Waals surface area contributed by atoms with Crippen LogP contribution in [0.3, 0.4) is 0 Å². The fourth-order valence-electron chi connectivity index (χ4n) is 2.48. The summed E-state index contributed by atoms with van der Waals surface area (Å²) in [7, 11) is 0. The minimum Gasteiger partial charge on any atom is -0.309 e. The average Bonchev–Trinajstić information content (AvgIpc) is 3.09. The highest BCUT2D eigenvalue weighted by atomic mass is 32.2. The topological polar surface area (TPSA) is 29.9 Å². The second-order valence-electron chi connectivity index (χ2n) is 4.54. The van der Waals surface area contributed by atoms with E-state index in [1.54, 1.807) is 11.8 Å². The Balaban J connectivity index is 1.98. The van der Waals surface area contributed by atoms with E-state index in [1.165, 1.54) is 29.1 Å². The van der Waals surface area contributed by atoms with Gasteiger partial charge in [-0.1, -0.05) is 6.07 Å². The minimum absolute atomic E-state index is 0.449. The third-order valence-electron chi connectivity index (χ3n) is 3.42. The summed E-state index contributed by atoms with van der Waals surface area (Å²) in [6, 6.07) is 9.04. The average molecular weight is 259 g/mol. The van der Waals surface area contributed by atoms with Crippen LogP contribution < -0.4 is 5.32 Å². The van der Waals surface area contributed by atoms with Crippen LogP contribution >= 0.6 is 11.8 Å². The Morgan fingerprint density at radius 3 is 3.17 bits per heavy atom. The molecular weight excluding hydrogens is 242 g/mol. The van der Waals surface area contributed by atoms with E-state index in [0.717, 1.165) is 6.54 Å². The number of benzene rings is 1. The van der Waals surface area contributed by atoms with Crippen molar-refractivity contribution in [2.45, 2.75) is 23.8 Å². The second-order valence-corrected chi connectivity index (χ2v) is 5.42. The maximum atomic E-state index is 4.31. The lowest BCUT2D eigenvalue weighted by Gasteiger charge is -2.14. The second kappa shape index (κ2) is 5.16. The predicted octanol–water partition coefficient (Wildman–Crippen LogP) is 3.02. The molecule has 0 saturated carbocycles. The van der Waals surface area contributed by atoms with E-state index >= 15 is 0 Å². The molecule has 4 heteroatoms. The summed E-state index contributed by atoms with van der Waals surface area (Å²) in [6.07, 6.45) is 8.45. The van der Waals surface area contributed by atoms with E-state index in [1.807, 2.05) is 12.5 Å². The van der Waals surface area contributed by atoms with Crippen LogP contribution in [0.4, 0.5) is 0 Å². The highest BCUT2D eigenvalue weighted by Crippen LogP contribution is 2.26. The first-order valence-corrected chi connectivity index (χ1v) is 7.51. The summed E-state index contributed by atoms with van der Waals surface area (Å²) in [6.45, 7) is 1.11. The molecule has 1 aliphatic rings. The highest BCUT2D eigenvalue weighted by molar-refractivity contribution is 7.98. The Kier molecular flexibility index (Phi) is 3.39. The van der Waals surface area contributed by atoms with E-state index in [4.69, 9.17) is 0 Å². The summed E-state index contributed by atoms with van der Waals surface area (Å²) in [5.74, 6) is 0. The number of imidazole rings is 1. The van der Waals surface area contributed by atoms with Crippen molar-refractivity contribution < 1.29 is 0 Å². The van der Waals surface area contributed by atoms with Crippen LogP contribution in [0.15, 0.2) is 41.7 Å². The van der Waals surface area contributed by atoms with Gasteiger partial charge in [-0.05, 0) is 43.8 Å². The van der Waals surface area contributed by atoms with Gasteiger partial charge >= 0.3 is 0 Å². The third kappa shape index (κ3) is 2.18. The summed E-state index contributed by atoms with van der Waals surface area (Å²) in [5.41, 5.74) is 2.47. The van der Waals surface area contributed by atoms with Gasteiger partial charge in [0.25, 0.3) is 0 Å². The fourth-order valence-corrected chi connectivity index (χ4v) is 2.93. The first-order chi connectivity index (χ1) is 8.88. The van der Waals surface area contributed by atoms with Crippen molar-refractivity contribution in [3.8, 4) is 5.69 Å². The monoisotopic (exact) mass is 259 g/mol. The molecule has 0 bridgehead atoms. The van der Waals surface area contributed by atoms with Gasteiger partial charge in [0.15, 0.2) is 0 Å². The number of aromatic nitrogens is 2. The summed E-state index contributed by atoms with van der Waals surface area (Å²) < 4.78 is 2.20. The Morgan fingerprint density at radius 2 is 2.39 bits per heavy atom. The van der Waals surface area contributed by atoms with Crippen LogP contribution in [-0.4, -0.2) is 22.4 Å². The molecule has 0 amide bonds. The van der Waals surface area contributed by atoms with E-state index in [0.29, 0.717) is 6.04 Å². The van der Waals surface area contributed by atoms with Crippen molar-refractivity contribution in [1.82, 2.24) is 14.9 Å². The summed E-state index contributed by atoms with van der Waals surface area (Å²) in [4.78, 5) is 5.60. The number of rotatable bonds is 3. The number of thioether (sulfide) groups is 1. The zero-order valence-corrected chi connectivity index (χ0v) is 11.3. The summed E-state index contributed by atoms with van der Waals surface area (Å²) >= 11 is 1.77. The first kappa shape index (κ1) is 11.8. The van der Waals surface area contributed by atoms with Crippen molar-refractivity contribution in [2.75, 3.05) is 12.8 Å². The molecule has 0 radical (unpaired) electrons. The lowest BCUT2D eigenvalue weighted by atomic mass is 10.1. The molecule has 1 N–H and O–H groups in total. The molecule has 2 aromatic rings. The molecule has 1 aromatic carbocycles. The van der Waals surface area contributed by atoms with Crippen molar-refractivity contribution in [3.63, 3.8) is 0 Å². The van der Waals surface area contributed by atoms with E-state index in [2.05, 4.69) is 45.4 Å². The molecule has 0 spiro atoms. The van der Waals surface area contributed by atoms with Crippen LogP contribution in [0.5, 0.6) is 0 Å². The van der Waals surface area contributed by atoms with Gasteiger partial charge in [-0.25, -0.2) is 4.98 Å². The summed E-state index contributed by atoms with van der Waals surface area (Å²) in [5, 5.41) is 3.53. The SMILES string of the molecule is CSc1cccc(-n2cncc2C2CCCN2)c1. The van der Waals surface area contributed by atoms with Gasteiger partial charge in [-0.3, -0.25) is 0 Å². The number of nitrogens with one attached hydrogen (secondary N) is 1. The molecule has 0 aliphatic carbocycles. The molecule has 1 unspecified atom stereocenters. The molecule has 2 heterocycles. The lowest BCUT2D eigenvalue weighted by Crippen LogP contribution is -2.16. The van der Waals surface area contributed by atoms with Crippen molar-refractivity contribution in [2.24, 2.45) is 0 Å². The number of hydrogen-bond acceptors (Lipinski definition) is 3. The normalized spacial score (nSPS) is 19.3. The Labute approximate surface area is 112 Å². The van der Waals surface area contributed by atoms with Gasteiger partial charge in [0, 0.05) is 16.6 Å². The maximum Gasteiger partial charge on any atom is 0.0994 e. The van der Waals surface area contributed by atoms with Gasteiger partial charge < -0.3 is 9.88 Å². The third-order valence-corrected chi connectivity index (χ3v) is 4.14. The highest BCUT2D eigenvalue weighted by Gasteiger charge is 2.20. The molecule has 1 saturated heterocycles. The van der Waals surface area contributed by atoms with E-state index < -0.39 is 0 Å². The molecule has 1 fully saturated rings. The maximum absolute atomic E-state index is 4.31. The van der Waals surface area contributed by atoms with Gasteiger partial charge in [0.1, 0.15) is 0 Å². The molecule has 18 heavy (non-hydrogen) atoms. The minimum atomic E-state index is 0.449. The fraction of sp³-hybridized carbons (Fsp3) is 0.357.